The SMILES string of the molecule is CCCCCC/C=C\CCCCCCC/C=C\CCCCCCCC(O)(C[N+](C)(C)C)P(=O)(O)O. The summed E-state index contributed by atoms with van der Waals surface area (Å²) in [6, 6.07) is 0. The van der Waals surface area contributed by atoms with E-state index in [1.165, 1.54) is 77.0 Å². The van der Waals surface area contributed by atoms with Gasteiger partial charge in [0.15, 0.2) is 0 Å². The van der Waals surface area contributed by atoms with Crippen LogP contribution in [0.25, 0.3) is 0 Å². The van der Waals surface area contributed by atoms with Crippen LogP contribution >= 0.6 is 7.60 Å². The molecule has 0 saturated heterocycles. The highest BCUT2D eigenvalue weighted by atomic mass is 31.2. The van der Waals surface area contributed by atoms with Gasteiger partial charge < -0.3 is 19.4 Å². The minimum Gasteiger partial charge on any atom is -0.373 e. The Labute approximate surface area is 217 Å². The molecule has 0 rings (SSSR count). The van der Waals surface area contributed by atoms with Crippen LogP contribution in [0.1, 0.15) is 129 Å². The number of unbranched alkanes of at least 4 members (excludes halogenated alkanes) is 15. The van der Waals surface area contributed by atoms with Crippen molar-refractivity contribution in [2.75, 3.05) is 27.7 Å². The summed E-state index contributed by atoms with van der Waals surface area (Å²) >= 11 is 0. The fourth-order valence-corrected chi connectivity index (χ4v) is 5.55. The second kappa shape index (κ2) is 20.6. The van der Waals surface area contributed by atoms with Gasteiger partial charge in [0.05, 0.1) is 21.1 Å². The van der Waals surface area contributed by atoms with Crippen molar-refractivity contribution in [1.82, 2.24) is 0 Å². The van der Waals surface area contributed by atoms with Gasteiger partial charge in [0.1, 0.15) is 6.54 Å². The van der Waals surface area contributed by atoms with Crippen molar-refractivity contribution in [1.29, 1.82) is 0 Å². The van der Waals surface area contributed by atoms with Gasteiger partial charge in [-0.1, -0.05) is 89.0 Å². The van der Waals surface area contributed by atoms with E-state index in [9.17, 15) is 19.5 Å². The van der Waals surface area contributed by atoms with Gasteiger partial charge in [-0.3, -0.25) is 4.57 Å². The molecule has 35 heavy (non-hydrogen) atoms. The zero-order chi connectivity index (χ0) is 26.5. The number of nitrogens with zero attached hydrogens (tertiary/aromatic N) is 1. The first-order valence-corrected chi connectivity index (χ1v) is 16.0. The molecule has 0 saturated carbocycles. The lowest BCUT2D eigenvalue weighted by molar-refractivity contribution is -0.875. The summed E-state index contributed by atoms with van der Waals surface area (Å²) in [4.78, 5) is 19.2. The lowest BCUT2D eigenvalue weighted by Crippen LogP contribution is -2.49. The zero-order valence-corrected chi connectivity index (χ0v) is 24.5. The lowest BCUT2D eigenvalue weighted by Gasteiger charge is -2.35. The van der Waals surface area contributed by atoms with Crippen LogP contribution in [0.3, 0.4) is 0 Å². The number of quaternary nitrogens is 1. The fourth-order valence-electron chi connectivity index (χ4n) is 4.49. The molecule has 208 valence electrons. The van der Waals surface area contributed by atoms with E-state index in [4.69, 9.17) is 0 Å². The third-order valence-electron chi connectivity index (χ3n) is 6.52. The van der Waals surface area contributed by atoms with Gasteiger partial charge in [0, 0.05) is 0 Å². The topological polar surface area (TPSA) is 77.8 Å². The molecule has 0 aliphatic heterocycles. The maximum absolute atomic E-state index is 11.8. The minimum absolute atomic E-state index is 0.0542. The molecular formula is C29H59NO4P+. The molecule has 6 heteroatoms. The van der Waals surface area contributed by atoms with Gasteiger partial charge in [0.25, 0.3) is 0 Å². The molecule has 0 aromatic heterocycles. The van der Waals surface area contributed by atoms with Gasteiger partial charge in [-0.2, -0.15) is 0 Å². The Morgan fingerprint density at radius 2 is 0.971 bits per heavy atom. The molecule has 0 spiro atoms. The summed E-state index contributed by atoms with van der Waals surface area (Å²) in [5, 5.41) is 8.64. The summed E-state index contributed by atoms with van der Waals surface area (Å²) in [7, 11) is 0.961. The Kier molecular flexibility index (Phi) is 20.3. The summed E-state index contributed by atoms with van der Waals surface area (Å²) in [6.07, 6.45) is 31.3. The molecule has 0 aromatic rings. The maximum Gasteiger partial charge on any atom is 0.362 e. The van der Waals surface area contributed by atoms with Crippen molar-refractivity contribution in [3.8, 4) is 0 Å². The van der Waals surface area contributed by atoms with E-state index in [-0.39, 0.29) is 13.0 Å². The summed E-state index contributed by atoms with van der Waals surface area (Å²) in [6.45, 7) is 2.32. The molecule has 1 unspecified atom stereocenters. The van der Waals surface area contributed by atoms with E-state index < -0.39 is 12.9 Å². The number of aliphatic hydroxyl groups is 1. The molecule has 0 heterocycles. The summed E-state index contributed by atoms with van der Waals surface area (Å²) in [5.41, 5.74) is 0. The van der Waals surface area contributed by atoms with Gasteiger partial charge >= 0.3 is 7.60 Å². The standard InChI is InChI=1S/C29H58NO4P/c1-5-6-7-8-9-10-11-12-13-14-15-16-17-18-19-20-21-22-23-24-25-26-27-29(31,35(32,33)34)28-30(2,3)4/h10-11,19-20,31H,5-9,12-18,21-28H2,1-4H3,(H-,32,33,34)/p+1/b11-10-,20-19-. The number of likely N-dealkylation sites (N-methyl/N-ethyl adjacent to an activating group) is 1. The average molecular weight is 517 g/mol. The number of hydrogen-bond acceptors (Lipinski definition) is 2. The minimum atomic E-state index is -4.55. The predicted molar refractivity (Wildman–Crippen MR) is 152 cm³/mol. The van der Waals surface area contributed by atoms with E-state index in [1.54, 1.807) is 0 Å². The van der Waals surface area contributed by atoms with E-state index in [1.807, 2.05) is 21.1 Å². The average Bonchev–Trinajstić information content (AvgIpc) is 2.75. The van der Waals surface area contributed by atoms with Crippen molar-refractivity contribution < 1.29 is 23.9 Å². The van der Waals surface area contributed by atoms with Crippen LogP contribution < -0.4 is 0 Å². The molecule has 0 fully saturated rings. The van der Waals surface area contributed by atoms with Crippen molar-refractivity contribution in [3.05, 3.63) is 24.3 Å². The molecule has 1 atom stereocenters. The third-order valence-corrected chi connectivity index (χ3v) is 7.97. The molecule has 5 nitrogen and oxygen atoms in total. The molecule has 0 radical (unpaired) electrons. The normalized spacial score (nSPS) is 14.8. The highest BCUT2D eigenvalue weighted by Crippen LogP contribution is 2.52. The lowest BCUT2D eigenvalue weighted by atomic mass is 10.1. The van der Waals surface area contributed by atoms with Crippen LogP contribution in [0.2, 0.25) is 0 Å². The predicted octanol–water partition coefficient (Wildman–Crippen LogP) is 8.10. The molecule has 0 aliphatic rings. The Hall–Kier alpha value is -0.450. The van der Waals surface area contributed by atoms with Gasteiger partial charge in [-0.25, -0.2) is 0 Å². The van der Waals surface area contributed by atoms with E-state index in [0.717, 1.165) is 32.1 Å². The second-order valence-electron chi connectivity index (χ2n) is 11.4. The van der Waals surface area contributed by atoms with E-state index >= 15 is 0 Å². The van der Waals surface area contributed by atoms with Gasteiger partial charge in [-0.05, 0) is 64.2 Å². The Morgan fingerprint density at radius 3 is 1.31 bits per heavy atom. The fraction of sp³-hybridized carbons (Fsp3) is 0.862. The first-order chi connectivity index (χ1) is 16.5. The highest BCUT2D eigenvalue weighted by Gasteiger charge is 2.48. The molecule has 3 N–H and O–H groups in total. The second-order valence-corrected chi connectivity index (χ2v) is 13.3. The van der Waals surface area contributed by atoms with Crippen LogP contribution in [0.4, 0.5) is 0 Å². The number of rotatable bonds is 24. The summed E-state index contributed by atoms with van der Waals surface area (Å²) < 4.78 is 12.1. The quantitative estimate of drug-likeness (QED) is 0.0524. The molecule has 0 bridgehead atoms. The molecular weight excluding hydrogens is 457 g/mol. The van der Waals surface area contributed by atoms with Crippen LogP contribution in [-0.2, 0) is 4.57 Å². The van der Waals surface area contributed by atoms with Gasteiger partial charge in [0.2, 0.25) is 5.34 Å². The van der Waals surface area contributed by atoms with Crippen LogP contribution in [0.15, 0.2) is 24.3 Å². The maximum atomic E-state index is 11.8. The summed E-state index contributed by atoms with van der Waals surface area (Å²) in [5.74, 6) is 0. The van der Waals surface area contributed by atoms with E-state index in [0.29, 0.717) is 10.9 Å². The van der Waals surface area contributed by atoms with Crippen LogP contribution in [-0.4, -0.2) is 52.4 Å². The Morgan fingerprint density at radius 1 is 0.629 bits per heavy atom. The van der Waals surface area contributed by atoms with Crippen LogP contribution in [0.5, 0.6) is 0 Å². The van der Waals surface area contributed by atoms with Crippen molar-refractivity contribution in [3.63, 3.8) is 0 Å². The third kappa shape index (κ3) is 21.4. The monoisotopic (exact) mass is 516 g/mol. The van der Waals surface area contributed by atoms with Crippen molar-refractivity contribution >= 4 is 7.60 Å². The van der Waals surface area contributed by atoms with Crippen LogP contribution in [0, 0.1) is 0 Å². The first-order valence-electron chi connectivity index (χ1n) is 14.4. The van der Waals surface area contributed by atoms with Gasteiger partial charge in [-0.15, -0.1) is 0 Å². The number of hydrogen-bond donors (Lipinski definition) is 3. The van der Waals surface area contributed by atoms with E-state index in [2.05, 4.69) is 31.2 Å². The molecule has 0 amide bonds. The van der Waals surface area contributed by atoms with Crippen molar-refractivity contribution in [2.24, 2.45) is 0 Å². The zero-order valence-electron chi connectivity index (χ0n) is 23.6. The molecule has 0 aliphatic carbocycles. The smallest absolute Gasteiger partial charge is 0.362 e. The first kappa shape index (κ1) is 34.6. The number of allylic oxidation sites excluding steroid dienone is 4. The highest BCUT2D eigenvalue weighted by molar-refractivity contribution is 7.53. The Balaban J connectivity index is 3.58. The van der Waals surface area contributed by atoms with Crippen molar-refractivity contribution in [2.45, 2.75) is 134 Å². The Bertz CT molecular complexity index is 594. The molecule has 0 aromatic carbocycles. The largest absolute Gasteiger partial charge is 0.373 e.